The highest BCUT2D eigenvalue weighted by Gasteiger charge is 2.26. The fourth-order valence-corrected chi connectivity index (χ4v) is 2.49. The molecule has 1 saturated carbocycles. The topological polar surface area (TPSA) is 53.4 Å². The number of carbonyl (C=O) groups excluding carboxylic acids is 1. The van der Waals surface area contributed by atoms with E-state index in [-0.39, 0.29) is 17.9 Å². The highest BCUT2D eigenvalue weighted by atomic mass is 19.1. The first-order valence-electron chi connectivity index (χ1n) is 6.78. The molecule has 0 saturated heterocycles. The van der Waals surface area contributed by atoms with Crippen molar-refractivity contribution in [1.82, 2.24) is 9.88 Å². The summed E-state index contributed by atoms with van der Waals surface area (Å²) in [6, 6.07) is 1.32. The molecular formula is C15H19FN2O2. The number of aromatic nitrogens is 1. The number of nitrogens with zero attached hydrogens (tertiary/aromatic N) is 2. The van der Waals surface area contributed by atoms with E-state index in [0.29, 0.717) is 12.1 Å². The van der Waals surface area contributed by atoms with E-state index in [0.717, 1.165) is 25.5 Å². The van der Waals surface area contributed by atoms with Gasteiger partial charge < -0.3 is 10.0 Å². The lowest BCUT2D eigenvalue weighted by atomic mass is 10.1. The van der Waals surface area contributed by atoms with Crippen molar-refractivity contribution in [2.45, 2.75) is 25.4 Å². The minimum absolute atomic E-state index is 0.159. The number of likely N-dealkylation sites (N-methyl/N-ethyl adjacent to an activating group) is 1. The monoisotopic (exact) mass is 278 g/mol. The molecule has 1 heterocycles. The Morgan fingerprint density at radius 2 is 2.35 bits per heavy atom. The van der Waals surface area contributed by atoms with Crippen LogP contribution in [0.15, 0.2) is 24.5 Å². The van der Waals surface area contributed by atoms with Gasteiger partial charge in [-0.1, -0.05) is 6.42 Å². The maximum Gasteiger partial charge on any atom is 0.246 e. The van der Waals surface area contributed by atoms with Crippen LogP contribution in [0.4, 0.5) is 4.39 Å². The smallest absolute Gasteiger partial charge is 0.246 e. The maximum absolute atomic E-state index is 12.9. The summed E-state index contributed by atoms with van der Waals surface area (Å²) >= 11 is 0. The average Bonchev–Trinajstić information content (AvgIpc) is 2.81. The molecule has 1 amide bonds. The van der Waals surface area contributed by atoms with Gasteiger partial charge in [0.15, 0.2) is 0 Å². The average molecular weight is 278 g/mol. The second-order valence-corrected chi connectivity index (χ2v) is 5.25. The van der Waals surface area contributed by atoms with Gasteiger partial charge >= 0.3 is 0 Å². The van der Waals surface area contributed by atoms with Crippen molar-refractivity contribution in [1.29, 1.82) is 0 Å². The lowest BCUT2D eigenvalue weighted by molar-refractivity contribution is -0.125. The molecule has 0 spiro atoms. The highest BCUT2D eigenvalue weighted by molar-refractivity contribution is 5.91. The molecule has 1 aromatic heterocycles. The normalized spacial score (nSPS) is 22.4. The summed E-state index contributed by atoms with van der Waals surface area (Å²) in [5.41, 5.74) is 0.549. The Kier molecular flexibility index (Phi) is 4.84. The van der Waals surface area contributed by atoms with Gasteiger partial charge in [-0.15, -0.1) is 0 Å². The highest BCUT2D eigenvalue weighted by Crippen LogP contribution is 2.26. The predicted octanol–water partition coefficient (Wildman–Crippen LogP) is 1.85. The molecule has 0 radical (unpaired) electrons. The number of aliphatic hydroxyl groups is 1. The Labute approximate surface area is 117 Å². The summed E-state index contributed by atoms with van der Waals surface area (Å²) in [4.78, 5) is 17.2. The third kappa shape index (κ3) is 3.87. The Hall–Kier alpha value is -1.75. The first-order valence-corrected chi connectivity index (χ1v) is 6.78. The third-order valence-electron chi connectivity index (χ3n) is 3.65. The minimum atomic E-state index is -0.429. The number of halogens is 1. The van der Waals surface area contributed by atoms with Crippen LogP contribution < -0.4 is 0 Å². The number of hydrogen-bond acceptors (Lipinski definition) is 3. The van der Waals surface area contributed by atoms with Crippen LogP contribution in [0, 0.1) is 11.7 Å². The fraction of sp³-hybridized carbons (Fsp3) is 0.467. The molecule has 2 rings (SSSR count). The SMILES string of the molecule is CN(CC1CCCC1O)C(=O)/C=C/c1cncc(F)c1. The zero-order valence-corrected chi connectivity index (χ0v) is 11.5. The quantitative estimate of drug-likeness (QED) is 0.855. The molecule has 1 fully saturated rings. The molecule has 20 heavy (non-hydrogen) atoms. The minimum Gasteiger partial charge on any atom is -0.393 e. The van der Waals surface area contributed by atoms with Crippen LogP contribution in [0.3, 0.4) is 0 Å². The number of hydrogen-bond donors (Lipinski definition) is 1. The molecule has 2 unspecified atom stereocenters. The van der Waals surface area contributed by atoms with Gasteiger partial charge in [0.05, 0.1) is 12.3 Å². The molecule has 1 aliphatic carbocycles. The molecule has 1 N–H and O–H groups in total. The summed E-state index contributed by atoms with van der Waals surface area (Å²) in [6.07, 6.45) is 8.03. The van der Waals surface area contributed by atoms with E-state index >= 15 is 0 Å². The summed E-state index contributed by atoms with van der Waals surface area (Å²) in [5.74, 6) is -0.427. The second-order valence-electron chi connectivity index (χ2n) is 5.25. The molecule has 1 aromatic rings. The molecule has 108 valence electrons. The van der Waals surface area contributed by atoms with Crippen molar-refractivity contribution < 1.29 is 14.3 Å². The van der Waals surface area contributed by atoms with Gasteiger partial charge in [-0.2, -0.15) is 0 Å². The van der Waals surface area contributed by atoms with E-state index in [1.807, 2.05) is 0 Å². The molecule has 5 heteroatoms. The van der Waals surface area contributed by atoms with Crippen molar-refractivity contribution in [3.63, 3.8) is 0 Å². The van der Waals surface area contributed by atoms with E-state index in [4.69, 9.17) is 0 Å². The first kappa shape index (κ1) is 14.7. The molecule has 4 nitrogen and oxygen atoms in total. The van der Waals surface area contributed by atoms with Crippen molar-refractivity contribution in [2.75, 3.05) is 13.6 Å². The van der Waals surface area contributed by atoms with Crippen LogP contribution >= 0.6 is 0 Å². The van der Waals surface area contributed by atoms with Crippen LogP contribution in [-0.4, -0.2) is 40.6 Å². The largest absolute Gasteiger partial charge is 0.393 e. The van der Waals surface area contributed by atoms with Gasteiger partial charge in [0.25, 0.3) is 0 Å². The van der Waals surface area contributed by atoms with Gasteiger partial charge in [0.2, 0.25) is 5.91 Å². The van der Waals surface area contributed by atoms with Crippen molar-refractivity contribution in [3.05, 3.63) is 35.9 Å². The fourth-order valence-electron chi connectivity index (χ4n) is 2.49. The zero-order valence-electron chi connectivity index (χ0n) is 11.5. The second kappa shape index (κ2) is 6.61. The Morgan fingerprint density at radius 1 is 1.55 bits per heavy atom. The van der Waals surface area contributed by atoms with E-state index in [2.05, 4.69) is 4.98 Å². The Balaban J connectivity index is 1.90. The maximum atomic E-state index is 12.9. The summed E-state index contributed by atoms with van der Waals surface area (Å²) in [5, 5.41) is 9.75. The summed E-state index contributed by atoms with van der Waals surface area (Å²) in [7, 11) is 1.71. The molecule has 1 aliphatic rings. The summed E-state index contributed by atoms with van der Waals surface area (Å²) < 4.78 is 12.9. The Morgan fingerprint density at radius 3 is 3.00 bits per heavy atom. The molecular weight excluding hydrogens is 259 g/mol. The molecule has 0 bridgehead atoms. The van der Waals surface area contributed by atoms with Crippen LogP contribution in [0.25, 0.3) is 6.08 Å². The van der Waals surface area contributed by atoms with Gasteiger partial charge in [0.1, 0.15) is 5.82 Å². The molecule has 0 aliphatic heterocycles. The first-order chi connectivity index (χ1) is 9.56. The molecule has 0 aromatic carbocycles. The number of rotatable bonds is 4. The van der Waals surface area contributed by atoms with Gasteiger partial charge in [-0.05, 0) is 30.5 Å². The molecule has 2 atom stereocenters. The van der Waals surface area contributed by atoms with Gasteiger partial charge in [0, 0.05) is 31.8 Å². The van der Waals surface area contributed by atoms with E-state index < -0.39 is 5.82 Å². The van der Waals surface area contributed by atoms with Crippen LogP contribution in [0.2, 0.25) is 0 Å². The van der Waals surface area contributed by atoms with Crippen LogP contribution in [-0.2, 0) is 4.79 Å². The van der Waals surface area contributed by atoms with Crippen molar-refractivity contribution in [2.24, 2.45) is 5.92 Å². The van der Waals surface area contributed by atoms with Crippen molar-refractivity contribution in [3.8, 4) is 0 Å². The zero-order chi connectivity index (χ0) is 14.5. The van der Waals surface area contributed by atoms with Gasteiger partial charge in [-0.3, -0.25) is 9.78 Å². The lowest BCUT2D eigenvalue weighted by Gasteiger charge is -2.22. The number of pyridine rings is 1. The van der Waals surface area contributed by atoms with Crippen LogP contribution in [0.5, 0.6) is 0 Å². The van der Waals surface area contributed by atoms with E-state index in [1.165, 1.54) is 18.3 Å². The predicted molar refractivity (Wildman–Crippen MR) is 74.2 cm³/mol. The van der Waals surface area contributed by atoms with Crippen LogP contribution in [0.1, 0.15) is 24.8 Å². The lowest BCUT2D eigenvalue weighted by Crippen LogP contribution is -2.33. The number of aliphatic hydroxyl groups excluding tert-OH is 1. The number of amides is 1. The third-order valence-corrected chi connectivity index (χ3v) is 3.65. The van der Waals surface area contributed by atoms with E-state index in [9.17, 15) is 14.3 Å². The van der Waals surface area contributed by atoms with E-state index in [1.54, 1.807) is 18.0 Å². The number of carbonyl (C=O) groups is 1. The van der Waals surface area contributed by atoms with Crippen molar-refractivity contribution >= 4 is 12.0 Å². The standard InChI is InChI=1S/C15H19FN2O2/c1-18(10-12-3-2-4-14(12)19)15(20)6-5-11-7-13(16)9-17-8-11/h5-9,12,14,19H,2-4,10H2,1H3/b6-5+. The Bertz CT molecular complexity index is 504. The van der Waals surface area contributed by atoms with Gasteiger partial charge in [-0.25, -0.2) is 4.39 Å². The summed E-state index contributed by atoms with van der Waals surface area (Å²) in [6.45, 7) is 0.547.